The van der Waals surface area contributed by atoms with E-state index in [9.17, 15) is 4.79 Å². The SMILES string of the molecule is COC(CN)CC(=O)Nc1cc(C)ccn1.Cl.Cl. The van der Waals surface area contributed by atoms with Crippen LogP contribution < -0.4 is 11.1 Å². The van der Waals surface area contributed by atoms with Crippen molar-refractivity contribution in [2.45, 2.75) is 19.4 Å². The van der Waals surface area contributed by atoms with E-state index in [-0.39, 0.29) is 43.2 Å². The summed E-state index contributed by atoms with van der Waals surface area (Å²) >= 11 is 0. The van der Waals surface area contributed by atoms with E-state index < -0.39 is 0 Å². The smallest absolute Gasteiger partial charge is 0.228 e. The molecule has 1 unspecified atom stereocenters. The summed E-state index contributed by atoms with van der Waals surface area (Å²) in [5.74, 6) is 0.410. The van der Waals surface area contributed by atoms with Crippen LogP contribution in [0.25, 0.3) is 0 Å². The van der Waals surface area contributed by atoms with Crippen molar-refractivity contribution in [3.63, 3.8) is 0 Å². The largest absolute Gasteiger partial charge is 0.380 e. The van der Waals surface area contributed by atoms with E-state index in [2.05, 4.69) is 10.3 Å². The average Bonchev–Trinajstić information content (AvgIpc) is 2.26. The molecule has 0 bridgehead atoms. The fourth-order valence-corrected chi connectivity index (χ4v) is 1.27. The number of hydrogen-bond donors (Lipinski definition) is 2. The van der Waals surface area contributed by atoms with Crippen molar-refractivity contribution in [3.05, 3.63) is 23.9 Å². The normalized spacial score (nSPS) is 10.8. The van der Waals surface area contributed by atoms with Gasteiger partial charge in [0.05, 0.1) is 12.5 Å². The van der Waals surface area contributed by atoms with Gasteiger partial charge in [-0.1, -0.05) is 0 Å². The van der Waals surface area contributed by atoms with Gasteiger partial charge in [-0.05, 0) is 24.6 Å². The predicted molar refractivity (Wildman–Crippen MR) is 76.6 cm³/mol. The lowest BCUT2D eigenvalue weighted by Crippen LogP contribution is -2.28. The minimum Gasteiger partial charge on any atom is -0.380 e. The number of nitrogens with one attached hydrogen (secondary N) is 1. The van der Waals surface area contributed by atoms with Gasteiger partial charge < -0.3 is 15.8 Å². The van der Waals surface area contributed by atoms with Crippen molar-refractivity contribution in [3.8, 4) is 0 Å². The van der Waals surface area contributed by atoms with Crippen molar-refractivity contribution in [2.24, 2.45) is 5.73 Å². The molecule has 0 aromatic carbocycles. The Morgan fingerprint density at radius 1 is 1.56 bits per heavy atom. The first kappa shape index (κ1) is 19.5. The van der Waals surface area contributed by atoms with E-state index in [1.165, 1.54) is 7.11 Å². The maximum Gasteiger partial charge on any atom is 0.228 e. The number of hydrogen-bond acceptors (Lipinski definition) is 4. The number of aryl methyl sites for hydroxylation is 1. The number of anilines is 1. The van der Waals surface area contributed by atoms with Gasteiger partial charge in [0.2, 0.25) is 5.91 Å². The van der Waals surface area contributed by atoms with Crippen LogP contribution in [0.5, 0.6) is 0 Å². The van der Waals surface area contributed by atoms with E-state index in [1.807, 2.05) is 19.1 Å². The van der Waals surface area contributed by atoms with E-state index in [1.54, 1.807) is 6.20 Å². The van der Waals surface area contributed by atoms with Gasteiger partial charge in [0.25, 0.3) is 0 Å². The summed E-state index contributed by atoms with van der Waals surface area (Å²) in [6.45, 7) is 2.26. The molecule has 1 rings (SSSR count). The second-order valence-corrected chi connectivity index (χ2v) is 3.56. The second-order valence-electron chi connectivity index (χ2n) is 3.56. The third-order valence-electron chi connectivity index (χ3n) is 2.19. The molecular formula is C11H19Cl2N3O2. The molecule has 104 valence electrons. The zero-order chi connectivity index (χ0) is 12.0. The van der Waals surface area contributed by atoms with Gasteiger partial charge in [-0.3, -0.25) is 4.79 Å². The zero-order valence-electron chi connectivity index (χ0n) is 10.4. The molecule has 0 fully saturated rings. The second kappa shape index (κ2) is 10.1. The van der Waals surface area contributed by atoms with Gasteiger partial charge in [0.1, 0.15) is 5.82 Å². The van der Waals surface area contributed by atoms with E-state index >= 15 is 0 Å². The van der Waals surface area contributed by atoms with Crippen LogP contribution in [0, 0.1) is 6.92 Å². The Kier molecular flexibility index (Phi) is 10.9. The first-order valence-electron chi connectivity index (χ1n) is 5.11. The molecule has 0 saturated heterocycles. The topological polar surface area (TPSA) is 77.2 Å². The lowest BCUT2D eigenvalue weighted by Gasteiger charge is -2.12. The average molecular weight is 296 g/mol. The molecule has 3 N–H and O–H groups in total. The van der Waals surface area contributed by atoms with Crippen LogP contribution in [-0.4, -0.2) is 30.6 Å². The summed E-state index contributed by atoms with van der Waals surface area (Å²) in [6, 6.07) is 3.68. The molecule has 0 aliphatic carbocycles. The highest BCUT2D eigenvalue weighted by Gasteiger charge is 2.11. The van der Waals surface area contributed by atoms with Crippen LogP contribution >= 0.6 is 24.8 Å². The number of nitrogens with zero attached hydrogens (tertiary/aromatic N) is 1. The lowest BCUT2D eigenvalue weighted by atomic mass is 10.2. The summed E-state index contributed by atoms with van der Waals surface area (Å²) in [5.41, 5.74) is 6.48. The number of amides is 1. The number of carbonyl (C=O) groups excluding carboxylic acids is 1. The Morgan fingerprint density at radius 3 is 2.72 bits per heavy atom. The Balaban J connectivity index is 0. The number of pyridine rings is 1. The first-order chi connectivity index (χ1) is 7.65. The van der Waals surface area contributed by atoms with Crippen LogP contribution in [0.2, 0.25) is 0 Å². The Morgan fingerprint density at radius 2 is 2.22 bits per heavy atom. The minimum atomic E-state index is -0.246. The number of rotatable bonds is 5. The van der Waals surface area contributed by atoms with Crippen molar-refractivity contribution < 1.29 is 9.53 Å². The van der Waals surface area contributed by atoms with Gasteiger partial charge >= 0.3 is 0 Å². The molecule has 0 spiro atoms. The highest BCUT2D eigenvalue weighted by atomic mass is 35.5. The molecule has 18 heavy (non-hydrogen) atoms. The van der Waals surface area contributed by atoms with E-state index in [0.717, 1.165) is 5.56 Å². The number of aromatic nitrogens is 1. The third kappa shape index (κ3) is 6.76. The van der Waals surface area contributed by atoms with Gasteiger partial charge in [-0.25, -0.2) is 4.98 Å². The molecule has 1 aromatic rings. The molecule has 1 amide bonds. The van der Waals surface area contributed by atoms with Crippen LogP contribution in [0.3, 0.4) is 0 Å². The molecule has 7 heteroatoms. The van der Waals surface area contributed by atoms with Crippen LogP contribution in [0.4, 0.5) is 5.82 Å². The van der Waals surface area contributed by atoms with Crippen molar-refractivity contribution in [1.29, 1.82) is 0 Å². The number of nitrogens with two attached hydrogens (primary N) is 1. The minimum absolute atomic E-state index is 0. The highest BCUT2D eigenvalue weighted by molar-refractivity contribution is 5.90. The van der Waals surface area contributed by atoms with Crippen LogP contribution in [0.1, 0.15) is 12.0 Å². The molecular weight excluding hydrogens is 277 g/mol. The first-order valence-corrected chi connectivity index (χ1v) is 5.11. The molecule has 0 aliphatic heterocycles. The Hall–Kier alpha value is -0.880. The molecule has 5 nitrogen and oxygen atoms in total. The molecule has 0 saturated carbocycles. The fraction of sp³-hybridized carbons (Fsp3) is 0.455. The number of halogens is 2. The van der Waals surface area contributed by atoms with Crippen molar-refractivity contribution >= 4 is 36.5 Å². The summed E-state index contributed by atoms with van der Waals surface area (Å²) in [6.07, 6.45) is 1.65. The highest BCUT2D eigenvalue weighted by Crippen LogP contribution is 2.06. The number of ether oxygens (including phenoxy) is 1. The van der Waals surface area contributed by atoms with Crippen LogP contribution in [0.15, 0.2) is 18.3 Å². The molecule has 0 aliphatic rings. The quantitative estimate of drug-likeness (QED) is 0.864. The standard InChI is InChI=1S/C11H17N3O2.2ClH/c1-8-3-4-13-10(5-8)14-11(15)6-9(7-12)16-2;;/h3-5,9H,6-7,12H2,1-2H3,(H,13,14,15);2*1H. The summed E-state index contributed by atoms with van der Waals surface area (Å²) < 4.78 is 5.03. The van der Waals surface area contributed by atoms with Gasteiger partial charge in [0, 0.05) is 19.9 Å². The molecule has 0 radical (unpaired) electrons. The Bertz CT molecular complexity index is 360. The summed E-state index contributed by atoms with van der Waals surface area (Å²) in [7, 11) is 1.54. The van der Waals surface area contributed by atoms with Crippen molar-refractivity contribution in [2.75, 3.05) is 19.0 Å². The van der Waals surface area contributed by atoms with E-state index in [0.29, 0.717) is 12.4 Å². The molecule has 1 heterocycles. The third-order valence-corrected chi connectivity index (χ3v) is 2.19. The molecule has 1 aromatic heterocycles. The fourth-order valence-electron chi connectivity index (χ4n) is 1.27. The lowest BCUT2D eigenvalue weighted by molar-refractivity contribution is -0.118. The maximum atomic E-state index is 11.6. The maximum absolute atomic E-state index is 11.6. The van der Waals surface area contributed by atoms with Gasteiger partial charge in [-0.15, -0.1) is 24.8 Å². The van der Waals surface area contributed by atoms with Gasteiger partial charge in [0.15, 0.2) is 0 Å². The summed E-state index contributed by atoms with van der Waals surface area (Å²) in [5, 5.41) is 2.70. The van der Waals surface area contributed by atoms with Gasteiger partial charge in [-0.2, -0.15) is 0 Å². The van der Waals surface area contributed by atoms with Crippen molar-refractivity contribution in [1.82, 2.24) is 4.98 Å². The summed E-state index contributed by atoms with van der Waals surface area (Å²) in [4.78, 5) is 15.6. The Labute approximate surface area is 119 Å². The molecule has 1 atom stereocenters. The number of carbonyl (C=O) groups is 1. The monoisotopic (exact) mass is 295 g/mol. The predicted octanol–water partition coefficient (Wildman–Crippen LogP) is 1.54. The van der Waals surface area contributed by atoms with Crippen LogP contribution in [-0.2, 0) is 9.53 Å². The number of methoxy groups -OCH3 is 1. The van der Waals surface area contributed by atoms with E-state index in [4.69, 9.17) is 10.5 Å². The zero-order valence-corrected chi connectivity index (χ0v) is 12.0.